The molecule has 12 heteroatoms. The third-order valence-corrected chi connectivity index (χ3v) is 13.8. The van der Waals surface area contributed by atoms with E-state index in [1.165, 1.54) is 0 Å². The first kappa shape index (κ1) is 29.6. The molecular formula is C27H36N3O6P3. The Morgan fingerprint density at radius 3 is 1.00 bits per heavy atom. The minimum absolute atomic E-state index is 0.278. The lowest BCUT2D eigenvalue weighted by molar-refractivity contribution is 0.300. The second-order valence-corrected chi connectivity index (χ2v) is 15.1. The average molecular weight is 592 g/mol. The standard InChI is InChI=1S/C27H36N3O6P3/c1-7-31-37(34-25-16-10-13-22(4)19-25)28-38(32-8-2,35-26-17-11-14-23(5)20-26)30-39(29-37,33-9-3)36-27-18-12-15-24(6)21-27/h10-21H,7-9H2,1-6H3. The molecule has 0 aromatic heterocycles. The van der Waals surface area contributed by atoms with Crippen LogP contribution in [0.1, 0.15) is 37.5 Å². The minimum atomic E-state index is -3.48. The van der Waals surface area contributed by atoms with Gasteiger partial charge in [-0.05, 0) is 94.6 Å². The van der Waals surface area contributed by atoms with E-state index < -0.39 is 23.0 Å². The van der Waals surface area contributed by atoms with Crippen LogP contribution in [0.4, 0.5) is 0 Å². The Morgan fingerprint density at radius 1 is 0.487 bits per heavy atom. The molecule has 1 aliphatic rings. The highest BCUT2D eigenvalue weighted by molar-refractivity contribution is 7.78. The molecule has 9 nitrogen and oxygen atoms in total. The molecule has 210 valence electrons. The van der Waals surface area contributed by atoms with Crippen molar-refractivity contribution in [3.63, 3.8) is 0 Å². The smallest absolute Gasteiger partial charge is 0.404 e. The zero-order valence-corrected chi connectivity index (χ0v) is 25.9. The zero-order chi connectivity index (χ0) is 27.9. The van der Waals surface area contributed by atoms with Crippen LogP contribution in [0.2, 0.25) is 0 Å². The Kier molecular flexibility index (Phi) is 9.77. The van der Waals surface area contributed by atoms with Crippen molar-refractivity contribution in [3.05, 3.63) is 89.5 Å². The van der Waals surface area contributed by atoms with Gasteiger partial charge in [-0.1, -0.05) is 36.4 Å². The van der Waals surface area contributed by atoms with Gasteiger partial charge in [0.25, 0.3) is 0 Å². The van der Waals surface area contributed by atoms with Gasteiger partial charge >= 0.3 is 23.0 Å². The summed E-state index contributed by atoms with van der Waals surface area (Å²) in [6.07, 6.45) is 0. The summed E-state index contributed by atoms with van der Waals surface area (Å²) in [4.78, 5) is 0. The zero-order valence-electron chi connectivity index (χ0n) is 23.2. The predicted molar refractivity (Wildman–Crippen MR) is 158 cm³/mol. The van der Waals surface area contributed by atoms with E-state index in [-0.39, 0.29) is 19.8 Å². The maximum Gasteiger partial charge on any atom is 0.404 e. The van der Waals surface area contributed by atoms with Gasteiger partial charge in [0.1, 0.15) is 17.2 Å². The monoisotopic (exact) mass is 591 g/mol. The highest BCUT2D eigenvalue weighted by Crippen LogP contribution is 2.79. The Bertz CT molecular complexity index is 1290. The fourth-order valence-corrected chi connectivity index (χ4v) is 13.0. The van der Waals surface area contributed by atoms with Crippen LogP contribution >= 0.6 is 23.0 Å². The fourth-order valence-electron chi connectivity index (χ4n) is 3.76. The Morgan fingerprint density at radius 2 is 0.769 bits per heavy atom. The van der Waals surface area contributed by atoms with Gasteiger partial charge in [0.05, 0.1) is 19.8 Å². The van der Waals surface area contributed by atoms with Crippen molar-refractivity contribution < 1.29 is 27.1 Å². The van der Waals surface area contributed by atoms with Gasteiger partial charge in [0, 0.05) is 0 Å². The number of benzene rings is 3. The van der Waals surface area contributed by atoms with Crippen molar-refractivity contribution in [3.8, 4) is 17.2 Å². The number of aryl methyl sites for hydroxylation is 3. The first-order valence-corrected chi connectivity index (χ1v) is 17.5. The van der Waals surface area contributed by atoms with Gasteiger partial charge in [0.15, 0.2) is 0 Å². The molecule has 3 aromatic rings. The van der Waals surface area contributed by atoms with E-state index in [0.717, 1.165) is 16.7 Å². The number of hydrogen-bond donors (Lipinski definition) is 0. The largest absolute Gasteiger partial charge is 0.422 e. The molecule has 4 rings (SSSR count). The van der Waals surface area contributed by atoms with Crippen molar-refractivity contribution in [1.82, 2.24) is 0 Å². The van der Waals surface area contributed by atoms with E-state index in [2.05, 4.69) is 0 Å². The minimum Gasteiger partial charge on any atom is -0.422 e. The maximum atomic E-state index is 6.52. The molecule has 0 bridgehead atoms. The van der Waals surface area contributed by atoms with E-state index in [4.69, 9.17) is 40.7 Å². The fraction of sp³-hybridized carbons (Fsp3) is 0.333. The average Bonchev–Trinajstić information content (AvgIpc) is 2.84. The quantitative estimate of drug-likeness (QED) is 0.195. The van der Waals surface area contributed by atoms with Gasteiger partial charge < -0.3 is 13.6 Å². The lowest BCUT2D eigenvalue weighted by Gasteiger charge is -2.33. The molecule has 0 unspecified atom stereocenters. The normalized spacial score (nSPS) is 24.2. The molecule has 0 aliphatic carbocycles. The SMILES string of the molecule is CCOP1(Oc2cccc(C)c2)=NP(OCC)(Oc2cccc(C)c2)=NP(OCC)(Oc2cccc(C)c2)=N1. The molecule has 0 fully saturated rings. The van der Waals surface area contributed by atoms with Gasteiger partial charge in [-0.15, -0.1) is 13.5 Å². The number of hydrogen-bond acceptors (Lipinski definition) is 9. The van der Waals surface area contributed by atoms with Crippen molar-refractivity contribution in [2.24, 2.45) is 13.5 Å². The highest BCUT2D eigenvalue weighted by Gasteiger charge is 2.45. The summed E-state index contributed by atoms with van der Waals surface area (Å²) in [6, 6.07) is 22.9. The molecule has 0 saturated heterocycles. The third-order valence-electron chi connectivity index (χ3n) is 5.21. The molecular weight excluding hydrogens is 555 g/mol. The maximum absolute atomic E-state index is 6.52. The van der Waals surface area contributed by atoms with E-state index >= 15 is 0 Å². The Hall–Kier alpha value is -2.37. The van der Waals surface area contributed by atoms with Gasteiger partial charge in [-0.25, -0.2) is 0 Å². The second-order valence-electron chi connectivity index (χ2n) is 8.72. The van der Waals surface area contributed by atoms with E-state index in [1.807, 2.05) is 114 Å². The third kappa shape index (κ3) is 7.64. The van der Waals surface area contributed by atoms with Crippen molar-refractivity contribution in [2.45, 2.75) is 41.5 Å². The molecule has 1 aliphatic heterocycles. The van der Waals surface area contributed by atoms with E-state index in [0.29, 0.717) is 17.2 Å². The number of nitrogens with zero attached hydrogens (tertiary/aromatic N) is 3. The van der Waals surface area contributed by atoms with Crippen molar-refractivity contribution >= 4 is 23.0 Å². The second kappa shape index (κ2) is 12.9. The van der Waals surface area contributed by atoms with Crippen LogP contribution in [-0.2, 0) is 13.6 Å². The molecule has 0 saturated carbocycles. The summed E-state index contributed by atoms with van der Waals surface area (Å²) in [5, 5.41) is 0. The summed E-state index contributed by atoms with van der Waals surface area (Å²) >= 11 is 0. The lowest BCUT2D eigenvalue weighted by atomic mass is 10.2. The summed E-state index contributed by atoms with van der Waals surface area (Å²) < 4.78 is 53.3. The van der Waals surface area contributed by atoms with Gasteiger partial charge in [0.2, 0.25) is 0 Å². The van der Waals surface area contributed by atoms with E-state index in [9.17, 15) is 0 Å². The van der Waals surface area contributed by atoms with E-state index in [1.54, 1.807) is 0 Å². The molecule has 39 heavy (non-hydrogen) atoms. The molecule has 0 N–H and O–H groups in total. The van der Waals surface area contributed by atoms with Crippen LogP contribution in [0.15, 0.2) is 86.3 Å². The Labute approximate surface area is 231 Å². The van der Waals surface area contributed by atoms with Gasteiger partial charge in [-0.2, -0.15) is 0 Å². The molecule has 1 heterocycles. The Balaban J connectivity index is 2.00. The first-order chi connectivity index (χ1) is 18.7. The summed E-state index contributed by atoms with van der Waals surface area (Å²) in [7, 11) is -10.4. The topological polar surface area (TPSA) is 92.5 Å². The summed E-state index contributed by atoms with van der Waals surface area (Å²) in [5.41, 5.74) is 3.06. The van der Waals surface area contributed by atoms with Crippen LogP contribution in [0, 0.1) is 20.8 Å². The van der Waals surface area contributed by atoms with Crippen molar-refractivity contribution in [2.75, 3.05) is 19.8 Å². The van der Waals surface area contributed by atoms with Crippen LogP contribution in [0.5, 0.6) is 17.2 Å². The van der Waals surface area contributed by atoms with Crippen LogP contribution in [0.3, 0.4) is 0 Å². The lowest BCUT2D eigenvalue weighted by Crippen LogP contribution is -2.08. The van der Waals surface area contributed by atoms with Crippen molar-refractivity contribution in [1.29, 1.82) is 0 Å². The summed E-state index contributed by atoms with van der Waals surface area (Å²) in [5.74, 6) is 1.67. The van der Waals surface area contributed by atoms with Crippen LogP contribution in [0.25, 0.3) is 0 Å². The molecule has 0 spiro atoms. The first-order valence-electron chi connectivity index (χ1n) is 12.9. The molecule has 0 radical (unpaired) electrons. The van der Waals surface area contributed by atoms with Gasteiger partial charge in [-0.3, -0.25) is 13.6 Å². The summed E-state index contributed by atoms with van der Waals surface area (Å²) in [6.45, 7) is 12.4. The predicted octanol–water partition coefficient (Wildman–Crippen LogP) is 10.1. The molecule has 0 atom stereocenters. The number of rotatable bonds is 12. The molecule has 3 aromatic carbocycles. The van der Waals surface area contributed by atoms with Crippen LogP contribution < -0.4 is 13.6 Å². The molecule has 0 amide bonds. The van der Waals surface area contributed by atoms with Crippen LogP contribution in [-0.4, -0.2) is 19.8 Å². The highest BCUT2D eigenvalue weighted by atomic mass is 31.3.